The molecule has 2 heteroatoms. The van der Waals surface area contributed by atoms with E-state index in [2.05, 4.69) is 24.4 Å². The Hall–Kier alpha value is -0.530. The molecule has 2 saturated carbocycles. The predicted molar refractivity (Wildman–Crippen MR) is 81.4 cm³/mol. The van der Waals surface area contributed by atoms with E-state index in [-0.39, 0.29) is 0 Å². The maximum absolute atomic E-state index is 5.92. The molecule has 1 aromatic carbocycles. The second-order valence-electron chi connectivity index (χ2n) is 6.64. The third-order valence-corrected chi connectivity index (χ3v) is 5.66. The van der Waals surface area contributed by atoms with Gasteiger partial charge in [-0.05, 0) is 54.7 Å². The molecule has 1 aromatic rings. The van der Waals surface area contributed by atoms with Gasteiger partial charge >= 0.3 is 0 Å². The van der Waals surface area contributed by atoms with Crippen molar-refractivity contribution in [1.29, 1.82) is 0 Å². The van der Waals surface area contributed by atoms with Crippen LogP contribution in [0.25, 0.3) is 0 Å². The molecule has 1 unspecified atom stereocenters. The normalized spacial score (nSPS) is 34.2. The van der Waals surface area contributed by atoms with E-state index in [1.165, 1.54) is 44.1 Å². The molecule has 1 nitrogen and oxygen atoms in total. The van der Waals surface area contributed by atoms with Crippen LogP contribution in [0.4, 0.5) is 0 Å². The molecule has 0 amide bonds. The van der Waals surface area contributed by atoms with Gasteiger partial charge in [0.25, 0.3) is 0 Å². The molecule has 104 valence electrons. The average Bonchev–Trinajstić information content (AvgIpc) is 2.41. The summed E-state index contributed by atoms with van der Waals surface area (Å²) >= 11 is 5.92. The van der Waals surface area contributed by atoms with Gasteiger partial charge in [0.15, 0.2) is 0 Å². The van der Waals surface area contributed by atoms with Crippen LogP contribution in [0.1, 0.15) is 51.0 Å². The van der Waals surface area contributed by atoms with Crippen molar-refractivity contribution < 1.29 is 0 Å². The zero-order valence-corrected chi connectivity index (χ0v) is 12.5. The number of rotatable bonds is 3. The molecule has 2 fully saturated rings. The summed E-state index contributed by atoms with van der Waals surface area (Å²) in [7, 11) is 0. The fourth-order valence-corrected chi connectivity index (χ4v) is 3.92. The van der Waals surface area contributed by atoms with E-state index in [1.807, 2.05) is 12.1 Å². The second-order valence-corrected chi connectivity index (χ2v) is 7.08. The van der Waals surface area contributed by atoms with Gasteiger partial charge in [0.2, 0.25) is 0 Å². The molecule has 0 aromatic heterocycles. The molecule has 1 spiro atoms. The van der Waals surface area contributed by atoms with E-state index in [9.17, 15) is 0 Å². The molecular weight excluding hydrogens is 254 g/mol. The van der Waals surface area contributed by atoms with Crippen LogP contribution in [0.5, 0.6) is 0 Å². The number of hydrogen-bond acceptors (Lipinski definition) is 1. The Morgan fingerprint density at radius 2 is 1.74 bits per heavy atom. The van der Waals surface area contributed by atoms with Crippen molar-refractivity contribution in [2.75, 3.05) is 0 Å². The Bertz CT molecular complexity index is 417. The van der Waals surface area contributed by atoms with Gasteiger partial charge in [-0.15, -0.1) is 0 Å². The molecule has 19 heavy (non-hydrogen) atoms. The van der Waals surface area contributed by atoms with Crippen molar-refractivity contribution in [2.45, 2.75) is 58.0 Å². The standard InChI is InChI=1S/C17H24ClN/c1-13-6-9-17(10-7-13)11-8-16(17)19-12-14-2-4-15(18)5-3-14/h2-5,13,16,19H,6-12H2,1H3. The lowest BCUT2D eigenvalue weighted by Gasteiger charge is -2.53. The van der Waals surface area contributed by atoms with Crippen LogP contribution in [0, 0.1) is 11.3 Å². The molecular formula is C17H24ClN. The quantitative estimate of drug-likeness (QED) is 0.838. The zero-order chi connectivity index (χ0) is 13.3. The Morgan fingerprint density at radius 3 is 2.32 bits per heavy atom. The summed E-state index contributed by atoms with van der Waals surface area (Å²) in [5, 5.41) is 4.61. The molecule has 0 radical (unpaired) electrons. The highest BCUT2D eigenvalue weighted by Gasteiger charge is 2.47. The van der Waals surface area contributed by atoms with Crippen molar-refractivity contribution >= 4 is 11.6 Å². The van der Waals surface area contributed by atoms with Gasteiger partial charge in [-0.3, -0.25) is 0 Å². The highest BCUT2D eigenvalue weighted by Crippen LogP contribution is 2.52. The molecule has 3 rings (SSSR count). The van der Waals surface area contributed by atoms with Gasteiger partial charge in [0.1, 0.15) is 0 Å². The topological polar surface area (TPSA) is 12.0 Å². The first kappa shape index (κ1) is 13.5. The Labute approximate surface area is 121 Å². The molecule has 0 heterocycles. The highest BCUT2D eigenvalue weighted by molar-refractivity contribution is 6.30. The summed E-state index contributed by atoms with van der Waals surface area (Å²) in [5.41, 5.74) is 1.98. The number of nitrogens with one attached hydrogen (secondary N) is 1. The number of hydrogen-bond donors (Lipinski definition) is 1. The summed E-state index contributed by atoms with van der Waals surface area (Å²) in [6.07, 6.45) is 8.54. The molecule has 2 aliphatic rings. The summed E-state index contributed by atoms with van der Waals surface area (Å²) in [6, 6.07) is 8.97. The first-order valence-corrected chi connectivity index (χ1v) is 8.04. The van der Waals surface area contributed by atoms with Gasteiger partial charge in [-0.2, -0.15) is 0 Å². The Morgan fingerprint density at radius 1 is 1.11 bits per heavy atom. The maximum Gasteiger partial charge on any atom is 0.0406 e. The molecule has 0 aliphatic heterocycles. The van der Waals surface area contributed by atoms with Gasteiger partial charge in [-0.1, -0.05) is 43.5 Å². The van der Waals surface area contributed by atoms with E-state index in [4.69, 9.17) is 11.6 Å². The maximum atomic E-state index is 5.92. The van der Waals surface area contributed by atoms with Crippen LogP contribution in [-0.4, -0.2) is 6.04 Å². The lowest BCUT2D eigenvalue weighted by Crippen LogP contribution is -2.54. The molecule has 2 aliphatic carbocycles. The molecule has 1 N–H and O–H groups in total. The van der Waals surface area contributed by atoms with Crippen LogP contribution in [0.15, 0.2) is 24.3 Å². The molecule has 0 saturated heterocycles. The Kier molecular flexibility index (Phi) is 3.86. The zero-order valence-electron chi connectivity index (χ0n) is 11.8. The second kappa shape index (κ2) is 5.46. The number of halogens is 1. The van der Waals surface area contributed by atoms with Crippen LogP contribution in [0.3, 0.4) is 0 Å². The minimum Gasteiger partial charge on any atom is -0.309 e. The van der Waals surface area contributed by atoms with Gasteiger partial charge in [0.05, 0.1) is 0 Å². The minimum absolute atomic E-state index is 0.638. The van der Waals surface area contributed by atoms with Crippen molar-refractivity contribution in [1.82, 2.24) is 5.32 Å². The third kappa shape index (κ3) is 2.83. The van der Waals surface area contributed by atoms with Crippen LogP contribution >= 0.6 is 11.6 Å². The predicted octanol–water partition coefficient (Wildman–Crippen LogP) is 4.79. The number of benzene rings is 1. The highest BCUT2D eigenvalue weighted by atomic mass is 35.5. The summed E-state index contributed by atoms with van der Waals surface area (Å²) in [6.45, 7) is 3.39. The first-order valence-electron chi connectivity index (χ1n) is 7.66. The van der Waals surface area contributed by atoms with Crippen molar-refractivity contribution in [3.63, 3.8) is 0 Å². The van der Waals surface area contributed by atoms with Gasteiger partial charge in [0, 0.05) is 17.6 Å². The third-order valence-electron chi connectivity index (χ3n) is 5.41. The first-order chi connectivity index (χ1) is 9.18. The fourth-order valence-electron chi connectivity index (χ4n) is 3.79. The van der Waals surface area contributed by atoms with Crippen molar-refractivity contribution in [3.8, 4) is 0 Å². The van der Waals surface area contributed by atoms with E-state index >= 15 is 0 Å². The van der Waals surface area contributed by atoms with Crippen molar-refractivity contribution in [3.05, 3.63) is 34.9 Å². The fraction of sp³-hybridized carbons (Fsp3) is 0.647. The minimum atomic E-state index is 0.638. The lowest BCUT2D eigenvalue weighted by atomic mass is 9.56. The van der Waals surface area contributed by atoms with Gasteiger partial charge in [-0.25, -0.2) is 0 Å². The Balaban J connectivity index is 1.54. The van der Waals surface area contributed by atoms with Gasteiger partial charge < -0.3 is 5.32 Å². The van der Waals surface area contributed by atoms with E-state index in [1.54, 1.807) is 0 Å². The van der Waals surface area contributed by atoms with Crippen molar-refractivity contribution in [2.24, 2.45) is 11.3 Å². The van der Waals surface area contributed by atoms with Crippen LogP contribution in [-0.2, 0) is 6.54 Å². The van der Waals surface area contributed by atoms with E-state index in [0.29, 0.717) is 5.41 Å². The molecule has 1 atom stereocenters. The van der Waals surface area contributed by atoms with E-state index in [0.717, 1.165) is 23.5 Å². The SMILES string of the molecule is CC1CCC2(CC1)CCC2NCc1ccc(Cl)cc1. The smallest absolute Gasteiger partial charge is 0.0406 e. The monoisotopic (exact) mass is 277 g/mol. The summed E-state index contributed by atoms with van der Waals surface area (Å²) in [5.74, 6) is 0.947. The largest absolute Gasteiger partial charge is 0.309 e. The van der Waals surface area contributed by atoms with Crippen LogP contribution < -0.4 is 5.32 Å². The summed E-state index contributed by atoms with van der Waals surface area (Å²) < 4.78 is 0. The lowest BCUT2D eigenvalue weighted by molar-refractivity contribution is 0.00923. The van der Waals surface area contributed by atoms with E-state index < -0.39 is 0 Å². The average molecular weight is 278 g/mol. The van der Waals surface area contributed by atoms with Crippen LogP contribution in [0.2, 0.25) is 5.02 Å². The molecule has 0 bridgehead atoms. The summed E-state index contributed by atoms with van der Waals surface area (Å²) in [4.78, 5) is 0.